The summed E-state index contributed by atoms with van der Waals surface area (Å²) in [5.41, 5.74) is 0. The molecule has 0 radical (unpaired) electrons. The van der Waals surface area contributed by atoms with Crippen LogP contribution in [0.15, 0.2) is 0 Å². The van der Waals surface area contributed by atoms with Crippen molar-refractivity contribution >= 4 is 11.9 Å². The number of rotatable bonds is 73. The molecule has 0 bridgehead atoms. The van der Waals surface area contributed by atoms with Crippen molar-refractivity contribution in [3.05, 3.63) is 0 Å². The van der Waals surface area contributed by atoms with Gasteiger partial charge in [0.1, 0.15) is 0 Å². The van der Waals surface area contributed by atoms with Crippen LogP contribution in [0.5, 0.6) is 0 Å². The van der Waals surface area contributed by atoms with E-state index in [2.05, 4.69) is 47.3 Å². The molecule has 1 heterocycles. The third kappa shape index (κ3) is 49.8. The standard InChI is InChI=1S/C83H163N5O7/c1-5-9-13-17-21-25-29-33-37-41-48-78(76-50-45-51-76)72-86(74-80(89)54-43-39-35-31-27-23-19-15-11-7-3)65-69-94-68-64-85-60-58-84(59-61-85)62-63-88(82(91)56-47-57-83(92)93)67-71-95-70-66-87(75-81(90)55-44-40-36-32-28-24-20-16-12-8-4)73-79(77-52-46-53-77)49-42-38-34-30-26-22-18-14-10-6-2/h76-81,89-90H,5-75H2,1-4H3,(H,92,93). The first kappa shape index (κ1) is 87.8. The molecule has 4 unspecified atom stereocenters. The average molecular weight is 1340 g/mol. The number of carbonyl (C=O) groups is 2. The van der Waals surface area contributed by atoms with Gasteiger partial charge in [-0.05, 0) is 55.8 Å². The molecule has 2 aliphatic carbocycles. The van der Waals surface area contributed by atoms with Gasteiger partial charge in [0.2, 0.25) is 5.91 Å². The van der Waals surface area contributed by atoms with Gasteiger partial charge in [-0.3, -0.25) is 29.2 Å². The molecule has 0 spiro atoms. The molecule has 1 amide bonds. The maximum Gasteiger partial charge on any atom is 0.303 e. The van der Waals surface area contributed by atoms with E-state index in [1.54, 1.807) is 0 Å². The van der Waals surface area contributed by atoms with Crippen LogP contribution < -0.4 is 0 Å². The Labute approximate surface area is 589 Å². The molecule has 1 saturated heterocycles. The minimum Gasteiger partial charge on any atom is -0.481 e. The van der Waals surface area contributed by atoms with E-state index in [-0.39, 0.29) is 31.0 Å². The van der Waals surface area contributed by atoms with Crippen molar-refractivity contribution in [1.82, 2.24) is 24.5 Å². The number of ether oxygens (including phenoxy) is 2. The maximum atomic E-state index is 13.8. The van der Waals surface area contributed by atoms with Crippen LogP contribution in [0.3, 0.4) is 0 Å². The lowest BCUT2D eigenvalue weighted by atomic mass is 9.73. The lowest BCUT2D eigenvalue weighted by Crippen LogP contribution is -2.50. The second-order valence-corrected chi connectivity index (χ2v) is 31.1. The van der Waals surface area contributed by atoms with Gasteiger partial charge in [0.15, 0.2) is 0 Å². The van der Waals surface area contributed by atoms with Crippen molar-refractivity contribution in [1.29, 1.82) is 0 Å². The first-order valence-electron chi connectivity index (χ1n) is 42.6. The van der Waals surface area contributed by atoms with Gasteiger partial charge in [-0.2, -0.15) is 0 Å². The Morgan fingerprint density at radius 1 is 0.368 bits per heavy atom. The molecule has 3 N–H and O–H groups in total. The van der Waals surface area contributed by atoms with Crippen molar-refractivity contribution in [2.45, 2.75) is 380 Å². The Morgan fingerprint density at radius 3 is 1.02 bits per heavy atom. The lowest BCUT2D eigenvalue weighted by Gasteiger charge is -2.38. The van der Waals surface area contributed by atoms with Gasteiger partial charge in [-0.15, -0.1) is 0 Å². The monoisotopic (exact) mass is 1340 g/mol. The first-order valence-corrected chi connectivity index (χ1v) is 42.6. The summed E-state index contributed by atoms with van der Waals surface area (Å²) >= 11 is 0. The minimum atomic E-state index is -0.855. The van der Waals surface area contributed by atoms with Gasteiger partial charge in [-0.1, -0.05) is 323 Å². The lowest BCUT2D eigenvalue weighted by molar-refractivity contribution is -0.137. The van der Waals surface area contributed by atoms with Crippen LogP contribution in [0.1, 0.15) is 368 Å². The Kier molecular flexibility index (Phi) is 58.7. The molecule has 3 aliphatic rings. The highest BCUT2D eigenvalue weighted by Crippen LogP contribution is 2.38. The fourth-order valence-electron chi connectivity index (χ4n) is 15.6. The second kappa shape index (κ2) is 63.5. The van der Waals surface area contributed by atoms with Crippen LogP contribution in [0, 0.1) is 23.7 Å². The van der Waals surface area contributed by atoms with E-state index < -0.39 is 5.97 Å². The molecule has 1 aliphatic heterocycles. The zero-order valence-electron chi connectivity index (χ0n) is 63.9. The Bertz CT molecular complexity index is 1660. The summed E-state index contributed by atoms with van der Waals surface area (Å²) in [5.74, 6) is 2.23. The minimum absolute atomic E-state index is 0.00486. The summed E-state index contributed by atoms with van der Waals surface area (Å²) < 4.78 is 12.9. The van der Waals surface area contributed by atoms with Crippen molar-refractivity contribution in [2.24, 2.45) is 23.7 Å². The Morgan fingerprint density at radius 2 is 0.684 bits per heavy atom. The van der Waals surface area contributed by atoms with Crippen molar-refractivity contribution in [2.75, 3.05) is 118 Å². The molecule has 12 nitrogen and oxygen atoms in total. The molecule has 3 rings (SSSR count). The number of hydrogen-bond acceptors (Lipinski definition) is 10. The normalized spacial score (nSPS) is 16.4. The summed E-state index contributed by atoms with van der Waals surface area (Å²) in [5, 5.41) is 32.4. The number of piperazine rings is 1. The Hall–Kier alpha value is -1.38. The number of carboxylic acid groups (broad SMARTS) is 1. The molecule has 4 atom stereocenters. The van der Waals surface area contributed by atoms with Gasteiger partial charge in [-0.25, -0.2) is 0 Å². The number of carbonyl (C=O) groups excluding carboxylic acids is 1. The molecule has 95 heavy (non-hydrogen) atoms. The quantitative estimate of drug-likeness (QED) is 0.0503. The van der Waals surface area contributed by atoms with E-state index in [0.29, 0.717) is 51.8 Å². The molecule has 562 valence electrons. The molecular formula is C83H163N5O7. The zero-order chi connectivity index (χ0) is 68.1. The van der Waals surface area contributed by atoms with Crippen LogP contribution in [0.25, 0.3) is 0 Å². The number of amides is 1. The number of aliphatic hydroxyl groups is 2. The van der Waals surface area contributed by atoms with Gasteiger partial charge >= 0.3 is 5.97 Å². The van der Waals surface area contributed by atoms with Gasteiger partial charge in [0.05, 0.1) is 38.6 Å². The third-order valence-electron chi connectivity index (χ3n) is 22.6. The van der Waals surface area contributed by atoms with Crippen molar-refractivity contribution < 1.29 is 34.4 Å². The summed E-state index contributed by atoms with van der Waals surface area (Å²) in [6.45, 7) is 23.6. The van der Waals surface area contributed by atoms with E-state index in [1.165, 1.54) is 295 Å². The number of carboxylic acids is 1. The molecule has 0 aromatic carbocycles. The topological polar surface area (TPSA) is 129 Å². The van der Waals surface area contributed by atoms with E-state index in [9.17, 15) is 24.9 Å². The number of unbranched alkanes of at least 4 members (excludes halogenated alkanes) is 36. The van der Waals surface area contributed by atoms with Crippen LogP contribution >= 0.6 is 0 Å². The van der Waals surface area contributed by atoms with E-state index in [0.717, 1.165) is 122 Å². The largest absolute Gasteiger partial charge is 0.481 e. The van der Waals surface area contributed by atoms with Crippen molar-refractivity contribution in [3.63, 3.8) is 0 Å². The van der Waals surface area contributed by atoms with Crippen LogP contribution in [-0.4, -0.2) is 182 Å². The summed E-state index contributed by atoms with van der Waals surface area (Å²) in [6, 6.07) is 0. The van der Waals surface area contributed by atoms with Gasteiger partial charge in [0, 0.05) is 104 Å². The first-order chi connectivity index (χ1) is 46.6. The van der Waals surface area contributed by atoms with E-state index in [4.69, 9.17) is 9.47 Å². The number of hydrogen-bond donors (Lipinski definition) is 3. The SMILES string of the molecule is CCCCCCCCCCCCC(O)CN(CCOCCN1CCN(CCN(CCOCCN(CC(O)CCCCCCCCCCCC)CC(CCCCCCCCCCCC)C2CCC2)C(=O)CCCC(=O)O)CC1)CC(CCCCCCCCCCCC)C1CCC1. The second-order valence-electron chi connectivity index (χ2n) is 31.1. The van der Waals surface area contributed by atoms with E-state index in [1.807, 2.05) is 4.90 Å². The smallest absolute Gasteiger partial charge is 0.303 e. The number of nitrogens with zero attached hydrogens (tertiary/aromatic N) is 5. The third-order valence-corrected chi connectivity index (χ3v) is 22.6. The Balaban J connectivity index is 1.48. The fraction of sp³-hybridized carbons (Fsp3) is 0.976. The molecule has 2 saturated carbocycles. The molecular weight excluding hydrogens is 1180 g/mol. The molecule has 0 aromatic rings. The summed E-state index contributed by atoms with van der Waals surface area (Å²) in [4.78, 5) is 37.3. The van der Waals surface area contributed by atoms with Crippen LogP contribution in [0.4, 0.5) is 0 Å². The van der Waals surface area contributed by atoms with E-state index >= 15 is 0 Å². The average Bonchev–Trinajstić information content (AvgIpc) is 0.944. The van der Waals surface area contributed by atoms with Crippen LogP contribution in [-0.2, 0) is 19.1 Å². The maximum absolute atomic E-state index is 13.8. The van der Waals surface area contributed by atoms with Gasteiger partial charge in [0.25, 0.3) is 0 Å². The van der Waals surface area contributed by atoms with Crippen LogP contribution in [0.2, 0.25) is 0 Å². The zero-order valence-corrected chi connectivity index (χ0v) is 63.9. The van der Waals surface area contributed by atoms with Gasteiger partial charge < -0.3 is 29.7 Å². The fourth-order valence-corrected chi connectivity index (χ4v) is 15.6. The van der Waals surface area contributed by atoms with Crippen molar-refractivity contribution in [3.8, 4) is 0 Å². The highest BCUT2D eigenvalue weighted by Gasteiger charge is 2.31. The molecule has 3 fully saturated rings. The predicted molar refractivity (Wildman–Crippen MR) is 405 cm³/mol. The number of aliphatic hydroxyl groups excluding tert-OH is 2. The summed E-state index contributed by atoms with van der Waals surface area (Å²) in [6.07, 6.45) is 66.4. The highest BCUT2D eigenvalue weighted by molar-refractivity contribution is 5.77. The summed E-state index contributed by atoms with van der Waals surface area (Å²) in [7, 11) is 0. The molecule has 0 aromatic heterocycles. The number of aliphatic carboxylic acids is 1. The predicted octanol–water partition coefficient (Wildman–Crippen LogP) is 20.1. The highest BCUT2D eigenvalue weighted by atomic mass is 16.5. The molecule has 12 heteroatoms.